The number of hydrogen-bond acceptors (Lipinski definition) is 8. The molecular formula is C31H30ClN5O3S2. The maximum atomic E-state index is 14.3. The molecule has 2 N–H and O–H groups in total. The SMILES string of the molecule is Cc1ccc(S(=O)(=O)n2c(-c3ccc(CN4CCCC4)cc3)cc3c(-c4ncc(C5(N)COC5)s4)c(Cl)cnc32)cc1. The minimum Gasteiger partial charge on any atom is -0.377 e. The molecule has 0 amide bonds. The first kappa shape index (κ1) is 27.7. The van der Waals surface area contributed by atoms with Crippen molar-refractivity contribution in [1.29, 1.82) is 0 Å². The highest BCUT2D eigenvalue weighted by Crippen LogP contribution is 2.43. The molecule has 2 aromatic carbocycles. The van der Waals surface area contributed by atoms with E-state index >= 15 is 0 Å². The van der Waals surface area contributed by atoms with Gasteiger partial charge in [-0.15, -0.1) is 11.3 Å². The zero-order valence-corrected chi connectivity index (χ0v) is 25.5. The summed E-state index contributed by atoms with van der Waals surface area (Å²) in [6.07, 6.45) is 5.71. The van der Waals surface area contributed by atoms with Crippen LogP contribution in [0.1, 0.15) is 28.8 Å². The summed E-state index contributed by atoms with van der Waals surface area (Å²) in [5.41, 5.74) is 10.3. The maximum Gasteiger partial charge on any atom is 0.269 e. The van der Waals surface area contributed by atoms with Crippen LogP contribution in [0.25, 0.3) is 32.9 Å². The zero-order chi connectivity index (χ0) is 29.1. The van der Waals surface area contributed by atoms with Gasteiger partial charge in [-0.3, -0.25) is 4.90 Å². The molecule has 2 aliphatic rings. The third-order valence-electron chi connectivity index (χ3n) is 8.08. The summed E-state index contributed by atoms with van der Waals surface area (Å²) >= 11 is 8.19. The van der Waals surface area contributed by atoms with E-state index < -0.39 is 15.6 Å². The average molecular weight is 620 g/mol. The molecule has 216 valence electrons. The Morgan fingerprint density at radius 3 is 2.40 bits per heavy atom. The van der Waals surface area contributed by atoms with Crippen molar-refractivity contribution >= 4 is 44.0 Å². The Morgan fingerprint density at radius 1 is 1.02 bits per heavy atom. The van der Waals surface area contributed by atoms with E-state index in [1.165, 1.54) is 39.9 Å². The number of hydrogen-bond donors (Lipinski definition) is 1. The lowest BCUT2D eigenvalue weighted by molar-refractivity contribution is -0.0551. The molecule has 5 aromatic rings. The molecule has 0 bridgehead atoms. The topological polar surface area (TPSA) is 103 Å². The second-order valence-electron chi connectivity index (χ2n) is 11.2. The molecule has 5 heterocycles. The lowest BCUT2D eigenvalue weighted by Gasteiger charge is -2.36. The summed E-state index contributed by atoms with van der Waals surface area (Å²) < 4.78 is 35.2. The number of rotatable bonds is 7. The monoisotopic (exact) mass is 619 g/mol. The van der Waals surface area contributed by atoms with E-state index in [0.29, 0.717) is 39.9 Å². The maximum absolute atomic E-state index is 14.3. The zero-order valence-electron chi connectivity index (χ0n) is 23.1. The van der Waals surface area contributed by atoms with Crippen LogP contribution < -0.4 is 5.73 Å². The van der Waals surface area contributed by atoms with Crippen molar-refractivity contribution in [2.75, 3.05) is 26.3 Å². The Morgan fingerprint density at radius 2 is 1.74 bits per heavy atom. The van der Waals surface area contributed by atoms with Crippen molar-refractivity contribution in [3.8, 4) is 21.8 Å². The fourth-order valence-corrected chi connectivity index (χ4v) is 8.48. The van der Waals surface area contributed by atoms with Crippen molar-refractivity contribution < 1.29 is 13.2 Å². The van der Waals surface area contributed by atoms with Crippen molar-refractivity contribution in [3.63, 3.8) is 0 Å². The summed E-state index contributed by atoms with van der Waals surface area (Å²) in [6, 6.07) is 16.8. The van der Waals surface area contributed by atoms with E-state index in [4.69, 9.17) is 22.1 Å². The number of benzene rings is 2. The number of ether oxygens (including phenoxy) is 1. The van der Waals surface area contributed by atoms with E-state index in [9.17, 15) is 8.42 Å². The number of aromatic nitrogens is 3. The van der Waals surface area contributed by atoms with Crippen LogP contribution in [0, 0.1) is 6.92 Å². The van der Waals surface area contributed by atoms with Gasteiger partial charge in [0.05, 0.1) is 34.4 Å². The van der Waals surface area contributed by atoms with Gasteiger partial charge in [0.25, 0.3) is 10.0 Å². The van der Waals surface area contributed by atoms with Crippen LogP contribution in [0.3, 0.4) is 0 Å². The first-order chi connectivity index (χ1) is 20.2. The van der Waals surface area contributed by atoms with Crippen molar-refractivity contribution in [3.05, 3.63) is 88.0 Å². The Balaban J connectivity index is 1.40. The van der Waals surface area contributed by atoms with Crippen LogP contribution in [0.2, 0.25) is 5.02 Å². The first-order valence-electron chi connectivity index (χ1n) is 13.9. The van der Waals surface area contributed by atoms with Crippen molar-refractivity contribution in [2.24, 2.45) is 5.73 Å². The molecule has 0 aliphatic carbocycles. The molecule has 2 aliphatic heterocycles. The number of halogens is 1. The van der Waals surface area contributed by atoms with E-state index in [0.717, 1.165) is 35.6 Å². The first-order valence-corrected chi connectivity index (χ1v) is 16.5. The smallest absolute Gasteiger partial charge is 0.269 e. The molecule has 0 unspecified atom stereocenters. The molecule has 0 spiro atoms. The minimum absolute atomic E-state index is 0.183. The van der Waals surface area contributed by atoms with Crippen LogP contribution in [0.5, 0.6) is 0 Å². The lowest BCUT2D eigenvalue weighted by Crippen LogP contribution is -2.53. The summed E-state index contributed by atoms with van der Waals surface area (Å²) in [7, 11) is -4.02. The van der Waals surface area contributed by atoms with Crippen molar-refractivity contribution in [1.82, 2.24) is 18.8 Å². The van der Waals surface area contributed by atoms with Crippen LogP contribution in [0.15, 0.2) is 71.9 Å². The number of thiazole rings is 1. The number of likely N-dealkylation sites (tertiary alicyclic amines) is 1. The summed E-state index contributed by atoms with van der Waals surface area (Å²) in [5, 5.41) is 1.64. The summed E-state index contributed by atoms with van der Waals surface area (Å²) in [4.78, 5) is 12.7. The van der Waals surface area contributed by atoms with Gasteiger partial charge in [-0.25, -0.2) is 22.4 Å². The Kier molecular flexibility index (Phi) is 6.96. The van der Waals surface area contributed by atoms with Crippen LogP contribution in [0.4, 0.5) is 0 Å². The molecule has 42 heavy (non-hydrogen) atoms. The Labute approximate surface area is 253 Å². The van der Waals surface area contributed by atoms with E-state index in [1.807, 2.05) is 25.1 Å². The van der Waals surface area contributed by atoms with Gasteiger partial charge in [0.15, 0.2) is 5.65 Å². The van der Waals surface area contributed by atoms with Gasteiger partial charge < -0.3 is 10.5 Å². The third kappa shape index (κ3) is 4.76. The van der Waals surface area contributed by atoms with Gasteiger partial charge >= 0.3 is 0 Å². The average Bonchev–Trinajstić information content (AvgIpc) is 3.73. The Hall–Kier alpha value is -3.12. The third-order valence-corrected chi connectivity index (χ3v) is 11.3. The normalized spacial score (nSPS) is 17.1. The summed E-state index contributed by atoms with van der Waals surface area (Å²) in [5.74, 6) is 0. The lowest BCUT2D eigenvalue weighted by atomic mass is 9.98. The molecule has 8 nitrogen and oxygen atoms in total. The molecule has 2 fully saturated rings. The van der Waals surface area contributed by atoms with Gasteiger partial charge in [-0.1, -0.05) is 53.6 Å². The number of fused-ring (bicyclic) bond motifs is 1. The van der Waals surface area contributed by atoms with E-state index in [2.05, 4.69) is 27.0 Å². The molecule has 2 saturated heterocycles. The number of nitrogens with zero attached hydrogens (tertiary/aromatic N) is 4. The molecule has 3 aromatic heterocycles. The molecule has 0 atom stereocenters. The van der Waals surface area contributed by atoms with Gasteiger partial charge in [-0.05, 0) is 62.2 Å². The highest BCUT2D eigenvalue weighted by Gasteiger charge is 2.38. The van der Waals surface area contributed by atoms with Crippen LogP contribution in [-0.4, -0.2) is 53.6 Å². The van der Waals surface area contributed by atoms with Gasteiger partial charge in [0.1, 0.15) is 5.01 Å². The van der Waals surface area contributed by atoms with Crippen LogP contribution >= 0.6 is 22.9 Å². The number of aryl methyl sites for hydroxylation is 1. The second-order valence-corrected chi connectivity index (χ2v) is 14.4. The predicted molar refractivity (Wildman–Crippen MR) is 166 cm³/mol. The fourth-order valence-electron chi connectivity index (χ4n) is 5.64. The second kappa shape index (κ2) is 10.6. The highest BCUT2D eigenvalue weighted by atomic mass is 35.5. The summed E-state index contributed by atoms with van der Waals surface area (Å²) in [6.45, 7) is 5.88. The fraction of sp³-hybridized carbons (Fsp3) is 0.290. The van der Waals surface area contributed by atoms with E-state index in [-0.39, 0.29) is 10.5 Å². The van der Waals surface area contributed by atoms with Gasteiger partial charge in [-0.2, -0.15) is 0 Å². The van der Waals surface area contributed by atoms with Gasteiger partial charge in [0, 0.05) is 34.8 Å². The standard InChI is InChI=1S/C31H30ClN5O3S2/c1-20-4-10-23(11-5-20)42(38,39)37-26(22-8-6-21(7-9-22)17-36-12-2-3-13-36)14-24-28(25(32)15-34-29(24)37)30-35-16-27(41-30)31(33)18-40-19-31/h4-11,14-16H,2-3,12-13,17-19,33H2,1H3. The van der Waals surface area contributed by atoms with Crippen LogP contribution in [-0.2, 0) is 26.8 Å². The Bertz CT molecular complexity index is 1890. The van der Waals surface area contributed by atoms with Gasteiger partial charge in [0.2, 0.25) is 0 Å². The minimum atomic E-state index is -4.02. The largest absolute Gasteiger partial charge is 0.377 e. The number of pyridine rings is 1. The molecule has 11 heteroatoms. The number of nitrogens with two attached hydrogens (primary N) is 1. The van der Waals surface area contributed by atoms with E-state index in [1.54, 1.807) is 30.5 Å². The molecule has 0 saturated carbocycles. The molecule has 0 radical (unpaired) electrons. The van der Waals surface area contributed by atoms with Crippen molar-refractivity contribution in [2.45, 2.75) is 36.7 Å². The highest BCUT2D eigenvalue weighted by molar-refractivity contribution is 7.90. The predicted octanol–water partition coefficient (Wildman–Crippen LogP) is 5.81. The molecular weight excluding hydrogens is 590 g/mol. The molecule has 7 rings (SSSR count). The quantitative estimate of drug-likeness (QED) is 0.245.